The standard InChI is InChI=1S/C30H32N2O8/c1-35-21-8-6-19(7-9-21)28-22(30(34)31-16-18-5-11-23-24(13-18)40-17-39-23)10-12-27(33)32(28)20-14-25(36-2)29(38-4)26(15-20)37-3/h5-9,11,13-15,22,28H,10,12,16-17H2,1-4H3,(H,31,34)/t22-,28+/m1/s1. The van der Waals surface area contributed by atoms with Gasteiger partial charge in [0.2, 0.25) is 24.4 Å². The number of nitrogens with one attached hydrogen (secondary N) is 1. The first-order chi connectivity index (χ1) is 19.5. The van der Waals surface area contributed by atoms with Crippen molar-refractivity contribution in [3.05, 3.63) is 65.7 Å². The van der Waals surface area contributed by atoms with Crippen molar-refractivity contribution in [2.45, 2.75) is 25.4 Å². The quantitative estimate of drug-likeness (QED) is 0.423. The zero-order valence-corrected chi connectivity index (χ0v) is 22.9. The van der Waals surface area contributed by atoms with Crippen LogP contribution in [0.4, 0.5) is 5.69 Å². The van der Waals surface area contributed by atoms with Crippen LogP contribution in [0.25, 0.3) is 0 Å². The third kappa shape index (κ3) is 5.16. The summed E-state index contributed by atoms with van der Waals surface area (Å²) in [5, 5.41) is 3.07. The van der Waals surface area contributed by atoms with E-state index in [0.717, 1.165) is 11.1 Å². The summed E-state index contributed by atoms with van der Waals surface area (Å²) in [6, 6.07) is 15.8. The molecule has 2 amide bonds. The molecule has 40 heavy (non-hydrogen) atoms. The van der Waals surface area contributed by atoms with E-state index in [1.807, 2.05) is 42.5 Å². The molecular weight excluding hydrogens is 516 g/mol. The van der Waals surface area contributed by atoms with Gasteiger partial charge in [-0.1, -0.05) is 18.2 Å². The number of fused-ring (bicyclic) bond motifs is 1. The summed E-state index contributed by atoms with van der Waals surface area (Å²) in [4.78, 5) is 28.9. The molecule has 3 aromatic carbocycles. The van der Waals surface area contributed by atoms with E-state index >= 15 is 0 Å². The Bertz CT molecular complexity index is 1370. The predicted octanol–water partition coefficient (Wildman–Crippen LogP) is 4.25. The zero-order valence-electron chi connectivity index (χ0n) is 22.9. The molecule has 2 atom stereocenters. The molecule has 1 saturated heterocycles. The summed E-state index contributed by atoms with van der Waals surface area (Å²) in [5.41, 5.74) is 2.21. The van der Waals surface area contributed by atoms with E-state index in [1.54, 1.807) is 24.1 Å². The average molecular weight is 549 g/mol. The number of hydrogen-bond acceptors (Lipinski definition) is 8. The molecule has 0 radical (unpaired) electrons. The topological polar surface area (TPSA) is 105 Å². The lowest BCUT2D eigenvalue weighted by Crippen LogP contribution is -2.48. The number of methoxy groups -OCH3 is 4. The maximum atomic E-state index is 13.7. The monoisotopic (exact) mass is 548 g/mol. The van der Waals surface area contributed by atoms with E-state index in [-0.39, 0.29) is 25.0 Å². The molecule has 10 nitrogen and oxygen atoms in total. The Labute approximate surface area is 232 Å². The van der Waals surface area contributed by atoms with Crippen LogP contribution >= 0.6 is 0 Å². The SMILES string of the molecule is COc1ccc([C@H]2[C@H](C(=O)NCc3ccc4c(c3)OCO4)CCC(=O)N2c2cc(OC)c(OC)c(OC)c2)cc1. The Morgan fingerprint density at radius 1 is 0.900 bits per heavy atom. The van der Waals surface area contributed by atoms with Crippen molar-refractivity contribution in [1.82, 2.24) is 5.32 Å². The lowest BCUT2D eigenvalue weighted by atomic mass is 9.83. The van der Waals surface area contributed by atoms with E-state index in [0.29, 0.717) is 53.2 Å². The van der Waals surface area contributed by atoms with Gasteiger partial charge in [-0.3, -0.25) is 9.59 Å². The van der Waals surface area contributed by atoms with Gasteiger partial charge >= 0.3 is 0 Å². The van der Waals surface area contributed by atoms with Crippen LogP contribution in [0.2, 0.25) is 0 Å². The minimum atomic E-state index is -0.591. The van der Waals surface area contributed by atoms with Gasteiger partial charge in [-0.2, -0.15) is 0 Å². The van der Waals surface area contributed by atoms with Crippen LogP contribution < -0.4 is 38.6 Å². The molecule has 1 fully saturated rings. The molecule has 3 aromatic rings. The number of hydrogen-bond donors (Lipinski definition) is 1. The maximum Gasteiger partial charge on any atom is 0.231 e. The van der Waals surface area contributed by atoms with Gasteiger partial charge < -0.3 is 38.6 Å². The molecule has 2 aliphatic heterocycles. The zero-order chi connectivity index (χ0) is 28.2. The molecule has 0 bridgehead atoms. The van der Waals surface area contributed by atoms with Crippen molar-refractivity contribution in [3.63, 3.8) is 0 Å². The van der Waals surface area contributed by atoms with Gasteiger partial charge in [0.05, 0.1) is 46.1 Å². The number of benzene rings is 3. The summed E-state index contributed by atoms with van der Waals surface area (Å²) in [5.74, 6) is 2.44. The molecule has 0 aromatic heterocycles. The van der Waals surface area contributed by atoms with Gasteiger partial charge in [0.25, 0.3) is 0 Å². The third-order valence-corrected chi connectivity index (χ3v) is 7.22. The summed E-state index contributed by atoms with van der Waals surface area (Å²) in [7, 11) is 6.15. The van der Waals surface area contributed by atoms with Gasteiger partial charge in [-0.25, -0.2) is 0 Å². The molecule has 1 N–H and O–H groups in total. The van der Waals surface area contributed by atoms with Crippen molar-refractivity contribution in [2.75, 3.05) is 40.1 Å². The molecule has 0 saturated carbocycles. The van der Waals surface area contributed by atoms with Crippen LogP contribution in [0.1, 0.15) is 30.0 Å². The summed E-state index contributed by atoms with van der Waals surface area (Å²) in [6.07, 6.45) is 0.592. The van der Waals surface area contributed by atoms with E-state index in [2.05, 4.69) is 5.32 Å². The van der Waals surface area contributed by atoms with Gasteiger partial charge in [0, 0.05) is 25.1 Å². The molecule has 5 rings (SSSR count). The second-order valence-electron chi connectivity index (χ2n) is 9.42. The van der Waals surface area contributed by atoms with Crippen molar-refractivity contribution in [1.29, 1.82) is 0 Å². The second kappa shape index (κ2) is 11.6. The molecule has 0 aliphatic carbocycles. The maximum absolute atomic E-state index is 13.7. The molecule has 210 valence electrons. The first kappa shape index (κ1) is 27.0. The minimum absolute atomic E-state index is 0.116. The number of carbonyl (C=O) groups is 2. The van der Waals surface area contributed by atoms with Crippen LogP contribution in [-0.4, -0.2) is 47.0 Å². The molecule has 2 aliphatic rings. The van der Waals surface area contributed by atoms with Crippen LogP contribution in [-0.2, 0) is 16.1 Å². The highest BCUT2D eigenvalue weighted by Crippen LogP contribution is 2.46. The fourth-order valence-corrected chi connectivity index (χ4v) is 5.23. The van der Waals surface area contributed by atoms with Crippen LogP contribution in [0, 0.1) is 5.92 Å². The van der Waals surface area contributed by atoms with Gasteiger partial charge in [-0.05, 0) is 41.8 Å². The van der Waals surface area contributed by atoms with E-state index < -0.39 is 12.0 Å². The molecule has 2 heterocycles. The first-order valence-corrected chi connectivity index (χ1v) is 12.9. The summed E-state index contributed by atoms with van der Waals surface area (Å²) < 4.78 is 32.8. The number of piperidine rings is 1. The number of amides is 2. The Morgan fingerprint density at radius 2 is 1.60 bits per heavy atom. The van der Waals surface area contributed by atoms with Crippen molar-refractivity contribution in [2.24, 2.45) is 5.92 Å². The van der Waals surface area contributed by atoms with Gasteiger partial charge in [-0.15, -0.1) is 0 Å². The molecule has 0 unspecified atom stereocenters. The Balaban J connectivity index is 1.50. The van der Waals surface area contributed by atoms with Crippen LogP contribution in [0.15, 0.2) is 54.6 Å². The lowest BCUT2D eigenvalue weighted by Gasteiger charge is -2.41. The van der Waals surface area contributed by atoms with Crippen molar-refractivity contribution >= 4 is 17.5 Å². The van der Waals surface area contributed by atoms with E-state index in [4.69, 9.17) is 28.4 Å². The van der Waals surface area contributed by atoms with Crippen molar-refractivity contribution < 1.29 is 38.0 Å². The number of rotatable bonds is 9. The highest BCUT2D eigenvalue weighted by Gasteiger charge is 2.42. The first-order valence-electron chi connectivity index (χ1n) is 12.9. The van der Waals surface area contributed by atoms with Crippen LogP contribution in [0.3, 0.4) is 0 Å². The predicted molar refractivity (Wildman–Crippen MR) is 146 cm³/mol. The fraction of sp³-hybridized carbons (Fsp3) is 0.333. The summed E-state index contributed by atoms with van der Waals surface area (Å²) >= 11 is 0. The molecule has 0 spiro atoms. The van der Waals surface area contributed by atoms with E-state index in [1.165, 1.54) is 21.3 Å². The smallest absolute Gasteiger partial charge is 0.231 e. The third-order valence-electron chi connectivity index (χ3n) is 7.22. The average Bonchev–Trinajstić information content (AvgIpc) is 3.47. The minimum Gasteiger partial charge on any atom is -0.497 e. The normalized spacial score (nSPS) is 17.8. The highest BCUT2D eigenvalue weighted by atomic mass is 16.7. The second-order valence-corrected chi connectivity index (χ2v) is 9.42. The van der Waals surface area contributed by atoms with Gasteiger partial charge in [0.1, 0.15) is 5.75 Å². The van der Waals surface area contributed by atoms with Crippen LogP contribution in [0.5, 0.6) is 34.5 Å². The fourth-order valence-electron chi connectivity index (χ4n) is 5.23. The Kier molecular flexibility index (Phi) is 7.86. The number of carbonyl (C=O) groups excluding carboxylic acids is 2. The Morgan fingerprint density at radius 3 is 2.25 bits per heavy atom. The Hall–Kier alpha value is -4.60. The number of anilines is 1. The summed E-state index contributed by atoms with van der Waals surface area (Å²) in [6.45, 7) is 0.487. The molecule has 10 heteroatoms. The van der Waals surface area contributed by atoms with Gasteiger partial charge in [0.15, 0.2) is 23.0 Å². The molecular formula is C30H32N2O8. The highest BCUT2D eigenvalue weighted by molar-refractivity contribution is 5.98. The lowest BCUT2D eigenvalue weighted by molar-refractivity contribution is -0.129. The van der Waals surface area contributed by atoms with E-state index in [9.17, 15) is 9.59 Å². The van der Waals surface area contributed by atoms with Crippen molar-refractivity contribution in [3.8, 4) is 34.5 Å². The largest absolute Gasteiger partial charge is 0.497 e. The number of ether oxygens (including phenoxy) is 6. The number of nitrogens with zero attached hydrogens (tertiary/aromatic N) is 1.